The highest BCUT2D eigenvalue weighted by molar-refractivity contribution is 6.00. The summed E-state index contributed by atoms with van der Waals surface area (Å²) in [7, 11) is 0. The summed E-state index contributed by atoms with van der Waals surface area (Å²) < 4.78 is 5.01. The summed E-state index contributed by atoms with van der Waals surface area (Å²) in [6.07, 6.45) is 0. The zero-order valence-corrected chi connectivity index (χ0v) is 10.9. The average Bonchev–Trinajstić information content (AvgIpc) is 2.39. The van der Waals surface area contributed by atoms with Gasteiger partial charge in [0.05, 0.1) is 12.3 Å². The monoisotopic (exact) mass is 257 g/mol. The van der Waals surface area contributed by atoms with Crippen molar-refractivity contribution in [3.05, 3.63) is 41.7 Å². The van der Waals surface area contributed by atoms with Gasteiger partial charge in [0.2, 0.25) is 0 Å². The second-order valence-corrected chi connectivity index (χ2v) is 3.97. The predicted molar refractivity (Wildman–Crippen MR) is 72.6 cm³/mol. The Kier molecular flexibility index (Phi) is 3.75. The number of nitrogens with zero attached hydrogens (tertiary/aromatic N) is 2. The van der Waals surface area contributed by atoms with Crippen molar-refractivity contribution in [1.82, 2.24) is 9.97 Å². The smallest absolute Gasteiger partial charge is 0.344 e. The van der Waals surface area contributed by atoms with Crippen molar-refractivity contribution in [2.45, 2.75) is 13.8 Å². The molecule has 19 heavy (non-hydrogen) atoms. The van der Waals surface area contributed by atoms with Crippen LogP contribution < -0.4 is 5.73 Å². The van der Waals surface area contributed by atoms with E-state index < -0.39 is 5.97 Å². The van der Waals surface area contributed by atoms with Crippen LogP contribution in [0.15, 0.2) is 30.3 Å². The van der Waals surface area contributed by atoms with Crippen LogP contribution in [-0.2, 0) is 4.74 Å². The number of nitrogen functional groups attached to an aromatic ring is 1. The first-order chi connectivity index (χ1) is 9.13. The number of ether oxygens (including phenoxy) is 1. The molecule has 1 heterocycles. The van der Waals surface area contributed by atoms with Crippen molar-refractivity contribution in [3.63, 3.8) is 0 Å². The van der Waals surface area contributed by atoms with Gasteiger partial charge in [0.25, 0.3) is 0 Å². The van der Waals surface area contributed by atoms with Crippen LogP contribution in [0, 0.1) is 6.92 Å². The topological polar surface area (TPSA) is 78.1 Å². The van der Waals surface area contributed by atoms with Crippen LogP contribution in [0.5, 0.6) is 0 Å². The molecule has 5 heteroatoms. The molecule has 0 saturated carbocycles. The van der Waals surface area contributed by atoms with Crippen molar-refractivity contribution in [2.24, 2.45) is 0 Å². The molecular weight excluding hydrogens is 242 g/mol. The molecule has 98 valence electrons. The van der Waals surface area contributed by atoms with E-state index in [0.29, 0.717) is 11.5 Å². The fourth-order valence-electron chi connectivity index (χ4n) is 1.80. The highest BCUT2D eigenvalue weighted by Gasteiger charge is 2.20. The average molecular weight is 257 g/mol. The second-order valence-electron chi connectivity index (χ2n) is 3.97. The molecule has 5 nitrogen and oxygen atoms in total. The van der Waals surface area contributed by atoms with Crippen molar-refractivity contribution >= 4 is 11.8 Å². The first kappa shape index (κ1) is 13.0. The zero-order chi connectivity index (χ0) is 13.8. The Morgan fingerprint density at radius 1 is 1.26 bits per heavy atom. The molecule has 1 aromatic heterocycles. The summed E-state index contributed by atoms with van der Waals surface area (Å²) in [5.74, 6) is 0.160. The molecule has 0 amide bonds. The van der Waals surface area contributed by atoms with Crippen LogP contribution in [0.25, 0.3) is 11.3 Å². The minimum atomic E-state index is -0.501. The van der Waals surface area contributed by atoms with Gasteiger partial charge >= 0.3 is 5.97 Å². The zero-order valence-electron chi connectivity index (χ0n) is 10.9. The van der Waals surface area contributed by atoms with Gasteiger partial charge in [-0.1, -0.05) is 30.3 Å². The fraction of sp³-hybridized carbons (Fsp3) is 0.214. The summed E-state index contributed by atoms with van der Waals surface area (Å²) in [5, 5.41) is 0. The number of hydrogen-bond donors (Lipinski definition) is 1. The predicted octanol–water partition coefficient (Wildman–Crippen LogP) is 2.21. The summed E-state index contributed by atoms with van der Waals surface area (Å²) in [6.45, 7) is 3.75. The number of carbonyl (C=O) groups excluding carboxylic acids is 1. The molecule has 0 aliphatic heterocycles. The molecule has 2 rings (SSSR count). The number of hydrogen-bond acceptors (Lipinski definition) is 5. The van der Waals surface area contributed by atoms with Gasteiger partial charge in [0.15, 0.2) is 0 Å². The van der Waals surface area contributed by atoms with Gasteiger partial charge in [-0.05, 0) is 13.8 Å². The summed E-state index contributed by atoms with van der Waals surface area (Å²) in [4.78, 5) is 20.3. The van der Waals surface area contributed by atoms with E-state index in [2.05, 4.69) is 9.97 Å². The third kappa shape index (κ3) is 2.70. The van der Waals surface area contributed by atoms with Gasteiger partial charge < -0.3 is 10.5 Å². The van der Waals surface area contributed by atoms with Crippen LogP contribution >= 0.6 is 0 Å². The number of aromatic nitrogens is 2. The van der Waals surface area contributed by atoms with Crippen LogP contribution in [0.1, 0.15) is 23.1 Å². The van der Waals surface area contributed by atoms with Crippen LogP contribution in [0.3, 0.4) is 0 Å². The highest BCUT2D eigenvalue weighted by atomic mass is 16.5. The number of rotatable bonds is 3. The van der Waals surface area contributed by atoms with Gasteiger partial charge in [-0.3, -0.25) is 0 Å². The largest absolute Gasteiger partial charge is 0.462 e. The first-order valence-electron chi connectivity index (χ1n) is 6.00. The normalized spacial score (nSPS) is 10.2. The maximum absolute atomic E-state index is 12.0. The molecule has 0 fully saturated rings. The van der Waals surface area contributed by atoms with Gasteiger partial charge in [-0.2, -0.15) is 0 Å². The lowest BCUT2D eigenvalue weighted by molar-refractivity contribution is 0.0527. The Labute approximate surface area is 111 Å². The van der Waals surface area contributed by atoms with Gasteiger partial charge in [-0.15, -0.1) is 0 Å². The molecule has 0 radical (unpaired) electrons. The number of nitrogens with two attached hydrogens (primary N) is 1. The minimum Gasteiger partial charge on any atom is -0.462 e. The van der Waals surface area contributed by atoms with E-state index in [4.69, 9.17) is 10.5 Å². The second kappa shape index (κ2) is 5.48. The summed E-state index contributed by atoms with van der Waals surface area (Å²) >= 11 is 0. The van der Waals surface area contributed by atoms with Gasteiger partial charge in [-0.25, -0.2) is 14.8 Å². The molecule has 0 unspecified atom stereocenters. The highest BCUT2D eigenvalue weighted by Crippen LogP contribution is 2.25. The standard InChI is InChI=1S/C14H15N3O2/c1-3-19-14(18)11-12(10-7-5-4-6-8-10)16-9(2)17-13(11)15/h4-8H,3H2,1-2H3,(H2,15,16,17). The Hall–Kier alpha value is -2.43. The maximum atomic E-state index is 12.0. The first-order valence-corrected chi connectivity index (χ1v) is 6.00. The van der Waals surface area contributed by atoms with E-state index in [1.165, 1.54) is 0 Å². The minimum absolute atomic E-state index is 0.143. The van der Waals surface area contributed by atoms with Crippen LogP contribution in [0.2, 0.25) is 0 Å². The lowest BCUT2D eigenvalue weighted by atomic mass is 10.1. The maximum Gasteiger partial charge on any atom is 0.344 e. The lowest BCUT2D eigenvalue weighted by Gasteiger charge is -2.11. The van der Waals surface area contributed by atoms with Crippen LogP contribution in [-0.4, -0.2) is 22.5 Å². The quantitative estimate of drug-likeness (QED) is 0.853. The van der Waals surface area contributed by atoms with E-state index in [-0.39, 0.29) is 18.0 Å². The Morgan fingerprint density at radius 3 is 2.58 bits per heavy atom. The molecule has 2 N–H and O–H groups in total. The fourth-order valence-corrected chi connectivity index (χ4v) is 1.80. The number of esters is 1. The summed E-state index contributed by atoms with van der Waals surface area (Å²) in [6, 6.07) is 9.37. The Morgan fingerprint density at radius 2 is 1.95 bits per heavy atom. The Bertz CT molecular complexity index is 597. The number of carbonyl (C=O) groups is 1. The van der Waals surface area contributed by atoms with E-state index in [1.807, 2.05) is 30.3 Å². The SMILES string of the molecule is CCOC(=O)c1c(N)nc(C)nc1-c1ccccc1. The van der Waals surface area contributed by atoms with E-state index in [9.17, 15) is 4.79 Å². The molecule has 0 aliphatic carbocycles. The Balaban J connectivity index is 2.62. The molecular formula is C14H15N3O2. The molecule has 0 aliphatic rings. The molecule has 0 bridgehead atoms. The van der Waals surface area contributed by atoms with Crippen molar-refractivity contribution in [1.29, 1.82) is 0 Å². The van der Waals surface area contributed by atoms with Crippen molar-refractivity contribution < 1.29 is 9.53 Å². The van der Waals surface area contributed by atoms with E-state index in [0.717, 1.165) is 5.56 Å². The molecule has 2 aromatic rings. The molecule has 0 saturated heterocycles. The van der Waals surface area contributed by atoms with Crippen LogP contribution in [0.4, 0.5) is 5.82 Å². The third-order valence-corrected chi connectivity index (χ3v) is 2.58. The molecule has 1 aromatic carbocycles. The number of anilines is 1. The third-order valence-electron chi connectivity index (χ3n) is 2.58. The van der Waals surface area contributed by atoms with Gasteiger partial charge in [0, 0.05) is 5.56 Å². The van der Waals surface area contributed by atoms with Crippen molar-refractivity contribution in [3.8, 4) is 11.3 Å². The molecule has 0 atom stereocenters. The summed E-state index contributed by atoms with van der Waals surface area (Å²) in [5.41, 5.74) is 7.37. The van der Waals surface area contributed by atoms with E-state index >= 15 is 0 Å². The number of benzene rings is 1. The van der Waals surface area contributed by atoms with Gasteiger partial charge in [0.1, 0.15) is 17.2 Å². The number of aryl methyl sites for hydroxylation is 1. The van der Waals surface area contributed by atoms with E-state index in [1.54, 1.807) is 13.8 Å². The lowest BCUT2D eigenvalue weighted by Crippen LogP contribution is -2.13. The molecule has 0 spiro atoms. The van der Waals surface area contributed by atoms with Crippen molar-refractivity contribution in [2.75, 3.05) is 12.3 Å².